The monoisotopic (exact) mass is 462 g/mol. The number of aromatic nitrogens is 1. The van der Waals surface area contributed by atoms with Crippen molar-refractivity contribution in [3.63, 3.8) is 0 Å². The molecule has 0 unspecified atom stereocenters. The first-order valence-corrected chi connectivity index (χ1v) is 10.6. The van der Waals surface area contributed by atoms with Gasteiger partial charge in [-0.15, -0.1) is 0 Å². The SMILES string of the molecule is Cc1ccc(-c2ccc(C(=O)Nc3ccc4oc(-c5cccc(Cl)c5)nc4c3)o2)cc1Cl. The van der Waals surface area contributed by atoms with E-state index in [1.54, 1.807) is 42.5 Å². The third kappa shape index (κ3) is 4.00. The van der Waals surface area contributed by atoms with Gasteiger partial charge in [-0.25, -0.2) is 4.98 Å². The lowest BCUT2D eigenvalue weighted by atomic mass is 10.1. The minimum Gasteiger partial charge on any atom is -0.451 e. The average molecular weight is 463 g/mol. The van der Waals surface area contributed by atoms with E-state index in [9.17, 15) is 4.79 Å². The number of nitrogens with one attached hydrogen (secondary N) is 1. The topological polar surface area (TPSA) is 68.3 Å². The molecule has 3 aromatic carbocycles. The number of amides is 1. The van der Waals surface area contributed by atoms with Gasteiger partial charge >= 0.3 is 0 Å². The number of carbonyl (C=O) groups excluding carboxylic acids is 1. The number of hydrogen-bond donors (Lipinski definition) is 1. The second kappa shape index (κ2) is 8.19. The van der Waals surface area contributed by atoms with E-state index in [4.69, 9.17) is 32.0 Å². The van der Waals surface area contributed by atoms with Crippen molar-refractivity contribution in [2.45, 2.75) is 6.92 Å². The van der Waals surface area contributed by atoms with Gasteiger partial charge in [0.2, 0.25) is 5.89 Å². The Morgan fingerprint density at radius 3 is 2.59 bits per heavy atom. The van der Waals surface area contributed by atoms with Gasteiger partial charge in [0.15, 0.2) is 11.3 Å². The molecule has 5 nitrogen and oxygen atoms in total. The van der Waals surface area contributed by atoms with Crippen LogP contribution in [0.4, 0.5) is 5.69 Å². The van der Waals surface area contributed by atoms with Crippen molar-refractivity contribution in [2.24, 2.45) is 0 Å². The zero-order valence-electron chi connectivity index (χ0n) is 16.9. The van der Waals surface area contributed by atoms with Gasteiger partial charge in [0.1, 0.15) is 11.3 Å². The third-order valence-electron chi connectivity index (χ3n) is 5.00. The molecule has 0 spiro atoms. The third-order valence-corrected chi connectivity index (χ3v) is 5.65. The molecule has 5 rings (SSSR count). The fraction of sp³-hybridized carbons (Fsp3) is 0.0400. The number of carbonyl (C=O) groups is 1. The van der Waals surface area contributed by atoms with E-state index < -0.39 is 0 Å². The Hall–Kier alpha value is -3.54. The number of halogens is 2. The van der Waals surface area contributed by atoms with E-state index >= 15 is 0 Å². The molecule has 5 aromatic rings. The van der Waals surface area contributed by atoms with E-state index in [1.807, 2.05) is 37.3 Å². The molecule has 0 fully saturated rings. The van der Waals surface area contributed by atoms with Gasteiger partial charge in [-0.3, -0.25) is 4.79 Å². The summed E-state index contributed by atoms with van der Waals surface area (Å²) in [5.74, 6) is 0.845. The number of aryl methyl sites for hydroxylation is 1. The molecule has 0 atom stereocenters. The number of furan rings is 1. The van der Waals surface area contributed by atoms with Crippen LogP contribution in [-0.2, 0) is 0 Å². The lowest BCUT2D eigenvalue weighted by molar-refractivity contribution is 0.0997. The smallest absolute Gasteiger partial charge is 0.291 e. The second-order valence-corrected chi connectivity index (χ2v) is 8.14. The highest BCUT2D eigenvalue weighted by molar-refractivity contribution is 6.31. The molecule has 0 aliphatic rings. The van der Waals surface area contributed by atoms with Gasteiger partial charge in [-0.1, -0.05) is 41.4 Å². The largest absolute Gasteiger partial charge is 0.451 e. The van der Waals surface area contributed by atoms with Crippen LogP contribution in [0, 0.1) is 6.92 Å². The first kappa shape index (κ1) is 20.4. The Morgan fingerprint density at radius 2 is 1.78 bits per heavy atom. The van der Waals surface area contributed by atoms with Gasteiger partial charge in [0, 0.05) is 26.9 Å². The zero-order chi connectivity index (χ0) is 22.2. The van der Waals surface area contributed by atoms with Crippen LogP contribution in [0.25, 0.3) is 33.9 Å². The van der Waals surface area contributed by atoms with Gasteiger partial charge in [0.05, 0.1) is 0 Å². The van der Waals surface area contributed by atoms with Crippen molar-refractivity contribution < 1.29 is 13.6 Å². The van der Waals surface area contributed by atoms with E-state index in [1.165, 1.54) is 0 Å². The summed E-state index contributed by atoms with van der Waals surface area (Å²) in [7, 11) is 0. The second-order valence-electron chi connectivity index (χ2n) is 7.29. The number of oxazole rings is 1. The van der Waals surface area contributed by atoms with Crippen molar-refractivity contribution in [1.29, 1.82) is 0 Å². The number of nitrogens with zero attached hydrogens (tertiary/aromatic N) is 1. The minimum atomic E-state index is -0.368. The maximum atomic E-state index is 12.7. The highest BCUT2D eigenvalue weighted by Gasteiger charge is 2.15. The standard InChI is InChI=1S/C25H16Cl2N2O3/c1-14-5-6-15(12-19(14)27)21-9-10-23(31-21)24(30)28-18-7-8-22-20(13-18)29-25(32-22)16-3-2-4-17(26)11-16/h2-13H,1H3,(H,28,30). The van der Waals surface area contributed by atoms with Crippen molar-refractivity contribution >= 4 is 45.9 Å². The summed E-state index contributed by atoms with van der Waals surface area (Å²) in [5, 5.41) is 4.07. The van der Waals surface area contributed by atoms with Crippen LogP contribution < -0.4 is 5.32 Å². The van der Waals surface area contributed by atoms with Crippen molar-refractivity contribution in [3.05, 3.63) is 94.2 Å². The molecule has 2 aromatic heterocycles. The maximum absolute atomic E-state index is 12.7. The molecule has 0 aliphatic carbocycles. The number of fused-ring (bicyclic) bond motifs is 1. The van der Waals surface area contributed by atoms with Crippen LogP contribution in [-0.4, -0.2) is 10.9 Å². The first-order valence-electron chi connectivity index (χ1n) is 9.80. The fourth-order valence-corrected chi connectivity index (χ4v) is 3.67. The lowest BCUT2D eigenvalue weighted by Crippen LogP contribution is -2.10. The molecule has 0 bridgehead atoms. The molecule has 0 aliphatic heterocycles. The van der Waals surface area contributed by atoms with E-state index in [0.29, 0.717) is 38.5 Å². The normalized spacial score (nSPS) is 11.1. The van der Waals surface area contributed by atoms with Crippen LogP contribution in [0.2, 0.25) is 10.0 Å². The summed E-state index contributed by atoms with van der Waals surface area (Å²) in [6, 6.07) is 21.5. The predicted octanol–water partition coefficient (Wildman–Crippen LogP) is 7.62. The summed E-state index contributed by atoms with van der Waals surface area (Å²) >= 11 is 12.3. The summed E-state index contributed by atoms with van der Waals surface area (Å²) in [4.78, 5) is 17.2. The number of hydrogen-bond acceptors (Lipinski definition) is 4. The molecule has 32 heavy (non-hydrogen) atoms. The van der Waals surface area contributed by atoms with Gasteiger partial charge in [-0.2, -0.15) is 0 Å². The van der Waals surface area contributed by atoms with E-state index in [2.05, 4.69) is 10.3 Å². The maximum Gasteiger partial charge on any atom is 0.291 e. The fourth-order valence-electron chi connectivity index (χ4n) is 3.30. The molecule has 0 saturated carbocycles. The quantitative estimate of drug-likeness (QED) is 0.298. The predicted molar refractivity (Wildman–Crippen MR) is 126 cm³/mol. The Morgan fingerprint density at radius 1 is 0.906 bits per heavy atom. The summed E-state index contributed by atoms with van der Waals surface area (Å²) < 4.78 is 11.6. The zero-order valence-corrected chi connectivity index (χ0v) is 18.4. The van der Waals surface area contributed by atoms with Crippen LogP contribution in [0.3, 0.4) is 0 Å². The first-order chi connectivity index (χ1) is 15.5. The molecule has 1 amide bonds. The Labute approximate surface area is 193 Å². The molecule has 7 heteroatoms. The van der Waals surface area contributed by atoms with Crippen LogP contribution in [0.5, 0.6) is 0 Å². The molecular weight excluding hydrogens is 447 g/mol. The lowest BCUT2D eigenvalue weighted by Gasteiger charge is -2.03. The molecular formula is C25H16Cl2N2O3. The average Bonchev–Trinajstić information content (AvgIpc) is 3.43. The van der Waals surface area contributed by atoms with Crippen molar-refractivity contribution in [1.82, 2.24) is 4.98 Å². The van der Waals surface area contributed by atoms with Crippen LogP contribution >= 0.6 is 23.2 Å². The summed E-state index contributed by atoms with van der Waals surface area (Å²) in [6.45, 7) is 1.93. The Kier molecular flexibility index (Phi) is 5.21. The van der Waals surface area contributed by atoms with Gasteiger partial charge < -0.3 is 14.2 Å². The number of anilines is 1. The van der Waals surface area contributed by atoms with Gasteiger partial charge in [0.25, 0.3) is 5.91 Å². The summed E-state index contributed by atoms with van der Waals surface area (Å²) in [6.07, 6.45) is 0. The van der Waals surface area contributed by atoms with Crippen LogP contribution in [0.1, 0.15) is 16.1 Å². The van der Waals surface area contributed by atoms with Crippen LogP contribution in [0.15, 0.2) is 81.6 Å². The molecule has 158 valence electrons. The summed E-state index contributed by atoms with van der Waals surface area (Å²) in [5.41, 5.74) is 4.35. The Balaban J connectivity index is 1.37. The van der Waals surface area contributed by atoms with Gasteiger partial charge in [-0.05, 0) is 67.1 Å². The van der Waals surface area contributed by atoms with E-state index in [-0.39, 0.29) is 11.7 Å². The van der Waals surface area contributed by atoms with Crippen molar-refractivity contribution in [2.75, 3.05) is 5.32 Å². The van der Waals surface area contributed by atoms with Crippen molar-refractivity contribution in [3.8, 4) is 22.8 Å². The Bertz CT molecular complexity index is 1470. The molecule has 1 N–H and O–H groups in total. The molecule has 0 radical (unpaired) electrons. The number of rotatable bonds is 4. The number of benzene rings is 3. The van der Waals surface area contributed by atoms with E-state index in [0.717, 1.165) is 16.7 Å². The highest BCUT2D eigenvalue weighted by atomic mass is 35.5. The highest BCUT2D eigenvalue weighted by Crippen LogP contribution is 2.29. The molecule has 0 saturated heterocycles. The minimum absolute atomic E-state index is 0.191. The molecule has 2 heterocycles.